The number of phenolic OH excluding ortho intramolecular Hbond substituents is 1. The van der Waals surface area contributed by atoms with Crippen molar-refractivity contribution in [1.82, 2.24) is 0 Å². The normalized spacial score (nSPS) is 13.4. The van der Waals surface area contributed by atoms with Crippen LogP contribution in [0.25, 0.3) is 0 Å². The zero-order valence-electron chi connectivity index (χ0n) is 14.7. The summed E-state index contributed by atoms with van der Waals surface area (Å²) >= 11 is 0. The second-order valence-corrected chi connectivity index (χ2v) is 7.02. The minimum absolute atomic E-state index is 0.0384. The maximum absolute atomic E-state index is 12.9. The van der Waals surface area contributed by atoms with Crippen LogP contribution < -0.4 is 0 Å². The highest BCUT2D eigenvalue weighted by Gasteiger charge is 2.36. The molecule has 0 saturated carbocycles. The number of phenols is 1. The molecule has 0 radical (unpaired) electrons. The number of alkyl halides is 6. The van der Waals surface area contributed by atoms with E-state index in [9.17, 15) is 31.4 Å². The highest BCUT2D eigenvalue weighted by Crippen LogP contribution is 2.38. The van der Waals surface area contributed by atoms with Gasteiger partial charge in [-0.1, -0.05) is 32.9 Å². The van der Waals surface area contributed by atoms with E-state index in [0.29, 0.717) is 17.7 Å². The van der Waals surface area contributed by atoms with Crippen molar-refractivity contribution in [3.8, 4) is 5.75 Å². The Morgan fingerprint density at radius 2 is 1.37 bits per heavy atom. The van der Waals surface area contributed by atoms with Crippen molar-refractivity contribution in [2.24, 2.45) is 4.99 Å². The van der Waals surface area contributed by atoms with Gasteiger partial charge < -0.3 is 5.11 Å². The lowest BCUT2D eigenvalue weighted by atomic mass is 9.85. The van der Waals surface area contributed by atoms with Gasteiger partial charge in [0.1, 0.15) is 5.75 Å². The standard InChI is InChI=1S/C19H17F6NO/c1-17(2,3)15-6-4-5-11(16(15)27)10-26-14-8-12(18(20,21)22)7-13(9-14)19(23,24)25/h4-10,27H,1-3H3/b26-10+. The van der Waals surface area contributed by atoms with Gasteiger partial charge in [0.05, 0.1) is 16.8 Å². The number of hydrogen-bond acceptors (Lipinski definition) is 2. The molecule has 2 nitrogen and oxygen atoms in total. The largest absolute Gasteiger partial charge is 0.507 e. The van der Waals surface area contributed by atoms with Crippen LogP contribution in [-0.2, 0) is 17.8 Å². The first-order chi connectivity index (χ1) is 12.2. The molecule has 146 valence electrons. The Kier molecular flexibility index (Phi) is 5.32. The van der Waals surface area contributed by atoms with Gasteiger partial charge in [0.15, 0.2) is 0 Å². The Hall–Kier alpha value is -2.51. The molecule has 0 aliphatic heterocycles. The number of hydrogen-bond donors (Lipinski definition) is 1. The van der Waals surface area contributed by atoms with Crippen LogP contribution in [0.1, 0.15) is 43.0 Å². The van der Waals surface area contributed by atoms with Crippen LogP contribution >= 0.6 is 0 Å². The first kappa shape index (κ1) is 20.8. The molecule has 0 aliphatic carbocycles. The predicted octanol–water partition coefficient (Wildman–Crippen LogP) is 6.48. The van der Waals surface area contributed by atoms with Gasteiger partial charge in [0.2, 0.25) is 0 Å². The van der Waals surface area contributed by atoms with Crippen LogP contribution in [-0.4, -0.2) is 11.3 Å². The fourth-order valence-electron chi connectivity index (χ4n) is 2.43. The minimum Gasteiger partial charge on any atom is -0.507 e. The molecule has 0 fully saturated rings. The van der Waals surface area contributed by atoms with E-state index in [1.165, 1.54) is 6.07 Å². The summed E-state index contributed by atoms with van der Waals surface area (Å²) in [5.74, 6) is -0.128. The molecular formula is C19H17F6NO. The molecule has 2 rings (SSSR count). The highest BCUT2D eigenvalue weighted by atomic mass is 19.4. The SMILES string of the molecule is CC(C)(C)c1cccc(/C=N/c2cc(C(F)(F)F)cc(C(F)(F)F)c2)c1O. The van der Waals surface area contributed by atoms with E-state index in [-0.39, 0.29) is 17.4 Å². The third kappa shape index (κ3) is 5.02. The van der Waals surface area contributed by atoms with Gasteiger partial charge in [-0.25, -0.2) is 0 Å². The quantitative estimate of drug-likeness (QED) is 0.463. The van der Waals surface area contributed by atoms with E-state index in [2.05, 4.69) is 4.99 Å². The minimum atomic E-state index is -4.94. The number of aromatic hydroxyl groups is 1. The molecule has 0 bridgehead atoms. The van der Waals surface area contributed by atoms with Crippen LogP contribution in [0.3, 0.4) is 0 Å². The highest BCUT2D eigenvalue weighted by molar-refractivity contribution is 5.86. The van der Waals surface area contributed by atoms with Crippen LogP contribution in [0.5, 0.6) is 5.75 Å². The summed E-state index contributed by atoms with van der Waals surface area (Å²) < 4.78 is 77.3. The molecule has 0 heterocycles. The Labute approximate surface area is 152 Å². The molecule has 2 aromatic carbocycles. The van der Waals surface area contributed by atoms with Crippen molar-refractivity contribution in [3.05, 3.63) is 58.7 Å². The number of benzene rings is 2. The molecule has 8 heteroatoms. The number of halogens is 6. The van der Waals surface area contributed by atoms with Gasteiger partial charge in [0, 0.05) is 11.8 Å². The summed E-state index contributed by atoms with van der Waals surface area (Å²) in [6.07, 6.45) is -8.85. The predicted molar refractivity (Wildman–Crippen MR) is 90.5 cm³/mol. The second kappa shape index (κ2) is 6.90. The molecule has 2 aromatic rings. The van der Waals surface area contributed by atoms with E-state index in [0.717, 1.165) is 6.21 Å². The van der Waals surface area contributed by atoms with E-state index in [1.54, 1.807) is 12.1 Å². The fourth-order valence-corrected chi connectivity index (χ4v) is 2.43. The third-order valence-corrected chi connectivity index (χ3v) is 3.80. The van der Waals surface area contributed by atoms with Gasteiger partial charge in [-0.2, -0.15) is 26.3 Å². The zero-order chi connectivity index (χ0) is 20.6. The first-order valence-corrected chi connectivity index (χ1v) is 7.85. The lowest BCUT2D eigenvalue weighted by Crippen LogP contribution is -2.11. The molecule has 27 heavy (non-hydrogen) atoms. The van der Waals surface area contributed by atoms with Crippen molar-refractivity contribution in [3.63, 3.8) is 0 Å². The molecular weight excluding hydrogens is 372 g/mol. The average molecular weight is 389 g/mol. The zero-order valence-corrected chi connectivity index (χ0v) is 14.7. The summed E-state index contributed by atoms with van der Waals surface area (Å²) in [5.41, 5.74) is -3.06. The number of nitrogens with zero attached hydrogens (tertiary/aromatic N) is 1. The topological polar surface area (TPSA) is 32.6 Å². The summed E-state index contributed by atoms with van der Waals surface area (Å²) in [6, 6.07) is 5.85. The molecule has 0 aromatic heterocycles. The molecule has 0 unspecified atom stereocenters. The molecule has 0 atom stereocenters. The third-order valence-electron chi connectivity index (χ3n) is 3.80. The summed E-state index contributed by atoms with van der Waals surface area (Å²) in [6.45, 7) is 5.56. The molecule has 0 aliphatic rings. The second-order valence-electron chi connectivity index (χ2n) is 7.02. The van der Waals surface area contributed by atoms with Gasteiger partial charge in [-0.3, -0.25) is 4.99 Å². The van der Waals surface area contributed by atoms with Crippen LogP contribution in [0.4, 0.5) is 32.0 Å². The monoisotopic (exact) mass is 389 g/mol. The molecule has 0 spiro atoms. The maximum atomic E-state index is 12.9. The smallest absolute Gasteiger partial charge is 0.416 e. The Morgan fingerprint density at radius 1 is 0.852 bits per heavy atom. The van der Waals surface area contributed by atoms with E-state index < -0.39 is 34.6 Å². The lowest BCUT2D eigenvalue weighted by molar-refractivity contribution is -0.143. The van der Waals surface area contributed by atoms with Gasteiger partial charge in [-0.15, -0.1) is 0 Å². The summed E-state index contributed by atoms with van der Waals surface area (Å²) in [7, 11) is 0. The Bertz CT molecular complexity index is 828. The average Bonchev–Trinajstić information content (AvgIpc) is 2.51. The summed E-state index contributed by atoms with van der Waals surface area (Å²) in [5, 5.41) is 10.3. The van der Waals surface area contributed by atoms with Crippen molar-refractivity contribution in [1.29, 1.82) is 0 Å². The Morgan fingerprint density at radius 3 is 1.81 bits per heavy atom. The number of rotatable bonds is 2. The van der Waals surface area contributed by atoms with E-state index in [4.69, 9.17) is 0 Å². The van der Waals surface area contributed by atoms with Gasteiger partial charge in [-0.05, 0) is 35.2 Å². The van der Waals surface area contributed by atoms with Crippen molar-refractivity contribution in [2.45, 2.75) is 38.5 Å². The van der Waals surface area contributed by atoms with Crippen LogP contribution in [0.15, 0.2) is 41.4 Å². The van der Waals surface area contributed by atoms with Crippen molar-refractivity contribution in [2.75, 3.05) is 0 Å². The first-order valence-electron chi connectivity index (χ1n) is 7.85. The fraction of sp³-hybridized carbons (Fsp3) is 0.316. The van der Waals surface area contributed by atoms with Crippen LogP contribution in [0, 0.1) is 0 Å². The van der Waals surface area contributed by atoms with Crippen molar-refractivity contribution < 1.29 is 31.4 Å². The molecule has 0 saturated heterocycles. The summed E-state index contributed by atoms with van der Waals surface area (Å²) in [4.78, 5) is 3.72. The van der Waals surface area contributed by atoms with Gasteiger partial charge >= 0.3 is 12.4 Å². The maximum Gasteiger partial charge on any atom is 0.416 e. The van der Waals surface area contributed by atoms with E-state index >= 15 is 0 Å². The Balaban J connectivity index is 2.52. The molecule has 1 N–H and O–H groups in total. The van der Waals surface area contributed by atoms with Crippen molar-refractivity contribution >= 4 is 11.9 Å². The lowest BCUT2D eigenvalue weighted by Gasteiger charge is -2.21. The van der Waals surface area contributed by atoms with Gasteiger partial charge in [0.25, 0.3) is 0 Å². The number of para-hydroxylation sites is 1. The van der Waals surface area contributed by atoms with Crippen LogP contribution in [0.2, 0.25) is 0 Å². The van der Waals surface area contributed by atoms with E-state index in [1.807, 2.05) is 20.8 Å². The molecule has 0 amide bonds. The number of aliphatic imine (C=N–C) groups is 1.